The average Bonchev–Trinajstić information content (AvgIpc) is 2.52. The Balaban J connectivity index is -0.00000220. The van der Waals surface area contributed by atoms with Gasteiger partial charge in [0.2, 0.25) is 0 Å². The third-order valence-corrected chi connectivity index (χ3v) is 4.25. The molecule has 0 aromatic heterocycles. The third-order valence-electron chi connectivity index (χ3n) is 4.25. The number of halogens is 1. The predicted molar refractivity (Wildman–Crippen MR) is 108 cm³/mol. The molecule has 0 heterocycles. The average molecular weight is 366 g/mol. The molecular formula is C20H44ClNO2. The Hall–Kier alpha value is -0.280. The van der Waals surface area contributed by atoms with Gasteiger partial charge in [0.25, 0.3) is 0 Å². The van der Waals surface area contributed by atoms with Crippen molar-refractivity contribution in [2.75, 3.05) is 6.61 Å². The number of hydrogen-bond donors (Lipinski definition) is 1. The van der Waals surface area contributed by atoms with Crippen LogP contribution in [0.2, 0.25) is 0 Å². The molecule has 0 aromatic carbocycles. The Morgan fingerprint density at radius 3 is 1.46 bits per heavy atom. The second-order valence-corrected chi connectivity index (χ2v) is 6.57. The van der Waals surface area contributed by atoms with Crippen molar-refractivity contribution in [1.82, 2.24) is 6.15 Å². The maximum atomic E-state index is 11.4. The van der Waals surface area contributed by atoms with Crippen LogP contribution in [0.4, 0.5) is 0 Å². The van der Waals surface area contributed by atoms with Crippen molar-refractivity contribution in [3.63, 3.8) is 0 Å². The lowest BCUT2D eigenvalue weighted by molar-refractivity contribution is -0.143. The molecule has 0 saturated heterocycles. The quantitative estimate of drug-likeness (QED) is 0.216. The highest BCUT2D eigenvalue weighted by Crippen LogP contribution is 2.12. The van der Waals surface area contributed by atoms with Gasteiger partial charge in [0.05, 0.1) is 6.61 Å². The summed E-state index contributed by atoms with van der Waals surface area (Å²) in [6, 6.07) is 0. The summed E-state index contributed by atoms with van der Waals surface area (Å²) in [4.78, 5) is 11.4. The molecule has 0 fully saturated rings. The van der Waals surface area contributed by atoms with Gasteiger partial charge in [0.1, 0.15) is 0 Å². The number of ether oxygens (including phenoxy) is 1. The number of carbonyl (C=O) groups excluding carboxylic acids is 1. The Morgan fingerprint density at radius 2 is 1.00 bits per heavy atom. The van der Waals surface area contributed by atoms with Gasteiger partial charge in [-0.05, 0) is 12.8 Å². The fourth-order valence-corrected chi connectivity index (χ4v) is 2.72. The Labute approximate surface area is 157 Å². The fourth-order valence-electron chi connectivity index (χ4n) is 2.72. The third kappa shape index (κ3) is 24.0. The van der Waals surface area contributed by atoms with Gasteiger partial charge in [0.15, 0.2) is 0 Å². The summed E-state index contributed by atoms with van der Waals surface area (Å²) in [5.74, 6) is -0.00322. The zero-order chi connectivity index (χ0) is 16.3. The molecule has 3 nitrogen and oxygen atoms in total. The molecular weight excluding hydrogens is 322 g/mol. The van der Waals surface area contributed by atoms with Gasteiger partial charge < -0.3 is 10.9 Å². The minimum absolute atomic E-state index is 0. The van der Waals surface area contributed by atoms with Crippen LogP contribution in [-0.4, -0.2) is 12.6 Å². The second-order valence-electron chi connectivity index (χ2n) is 6.57. The molecule has 24 heavy (non-hydrogen) atoms. The molecule has 0 aliphatic carbocycles. The second kappa shape index (κ2) is 25.0. The molecule has 0 saturated carbocycles. The first-order valence-corrected chi connectivity index (χ1v) is 9.96. The molecule has 0 aromatic rings. The Bertz CT molecular complexity index is 238. The maximum absolute atomic E-state index is 11.4. The van der Waals surface area contributed by atoms with E-state index in [1.165, 1.54) is 70.6 Å². The van der Waals surface area contributed by atoms with Crippen LogP contribution < -0.4 is 6.15 Å². The van der Waals surface area contributed by atoms with Crippen molar-refractivity contribution in [2.24, 2.45) is 0 Å². The molecule has 0 spiro atoms. The lowest BCUT2D eigenvalue weighted by atomic mass is 10.1. The number of rotatable bonds is 17. The monoisotopic (exact) mass is 365 g/mol. The van der Waals surface area contributed by atoms with Crippen LogP contribution >= 0.6 is 12.4 Å². The first-order valence-electron chi connectivity index (χ1n) is 9.96. The maximum Gasteiger partial charge on any atom is 0.305 e. The van der Waals surface area contributed by atoms with Crippen molar-refractivity contribution in [3.8, 4) is 0 Å². The Kier molecular flexibility index (Phi) is 29.7. The van der Waals surface area contributed by atoms with Crippen molar-refractivity contribution in [3.05, 3.63) is 0 Å². The molecule has 0 radical (unpaired) electrons. The first kappa shape index (κ1) is 28.5. The molecule has 0 atom stereocenters. The van der Waals surface area contributed by atoms with Gasteiger partial charge in [-0.1, -0.05) is 97.3 Å². The summed E-state index contributed by atoms with van der Waals surface area (Å²) in [6.07, 6.45) is 20.0. The summed E-state index contributed by atoms with van der Waals surface area (Å²) in [7, 11) is 0. The van der Waals surface area contributed by atoms with E-state index < -0.39 is 0 Å². The topological polar surface area (TPSA) is 61.3 Å². The number of hydrogen-bond acceptors (Lipinski definition) is 3. The van der Waals surface area contributed by atoms with Crippen LogP contribution in [0.15, 0.2) is 0 Å². The lowest BCUT2D eigenvalue weighted by Gasteiger charge is -2.05. The van der Waals surface area contributed by atoms with Gasteiger partial charge in [-0.2, -0.15) is 0 Å². The highest BCUT2D eigenvalue weighted by molar-refractivity contribution is 5.85. The summed E-state index contributed by atoms with van der Waals surface area (Å²) in [5, 5.41) is 0. The number of carbonyl (C=O) groups is 1. The van der Waals surface area contributed by atoms with E-state index in [1.807, 2.05) is 0 Å². The van der Waals surface area contributed by atoms with Crippen LogP contribution in [0.5, 0.6) is 0 Å². The summed E-state index contributed by atoms with van der Waals surface area (Å²) in [6.45, 7) is 5.05. The van der Waals surface area contributed by atoms with E-state index >= 15 is 0 Å². The van der Waals surface area contributed by atoms with Crippen LogP contribution in [0.1, 0.15) is 117 Å². The smallest absolute Gasteiger partial charge is 0.305 e. The van der Waals surface area contributed by atoms with Crippen LogP contribution in [0.3, 0.4) is 0 Å². The molecule has 0 amide bonds. The highest BCUT2D eigenvalue weighted by atomic mass is 35.5. The molecule has 0 aliphatic heterocycles. The van der Waals surface area contributed by atoms with Crippen LogP contribution in [-0.2, 0) is 9.53 Å². The first-order chi connectivity index (χ1) is 10.8. The predicted octanol–water partition coefficient (Wildman–Crippen LogP) is 7.39. The summed E-state index contributed by atoms with van der Waals surface area (Å²) in [5.41, 5.74) is 0. The molecule has 3 N–H and O–H groups in total. The molecule has 0 aliphatic rings. The van der Waals surface area contributed by atoms with Gasteiger partial charge in [-0.15, -0.1) is 12.4 Å². The van der Waals surface area contributed by atoms with E-state index in [9.17, 15) is 4.79 Å². The van der Waals surface area contributed by atoms with E-state index in [1.54, 1.807) is 0 Å². The lowest BCUT2D eigenvalue weighted by Crippen LogP contribution is -2.05. The largest absolute Gasteiger partial charge is 0.466 e. The van der Waals surface area contributed by atoms with E-state index in [4.69, 9.17) is 4.74 Å². The van der Waals surface area contributed by atoms with E-state index in [2.05, 4.69) is 13.8 Å². The minimum Gasteiger partial charge on any atom is -0.466 e. The van der Waals surface area contributed by atoms with Gasteiger partial charge in [-0.3, -0.25) is 4.79 Å². The van der Waals surface area contributed by atoms with Gasteiger partial charge >= 0.3 is 5.97 Å². The molecule has 0 bridgehead atoms. The van der Waals surface area contributed by atoms with Crippen molar-refractivity contribution < 1.29 is 9.53 Å². The van der Waals surface area contributed by atoms with Crippen LogP contribution in [0, 0.1) is 0 Å². The number of esters is 1. The summed E-state index contributed by atoms with van der Waals surface area (Å²) < 4.78 is 5.24. The standard InChI is InChI=1S/C20H40O2.ClH.H3N/c1-3-5-7-8-9-10-11-12-13-14-15-17-19-22-20(21)18-16-6-4-2;;/h3-19H2,1-2H3;1H;1H3. The minimum atomic E-state index is -0.00322. The molecule has 148 valence electrons. The van der Waals surface area contributed by atoms with Gasteiger partial charge in [0, 0.05) is 6.42 Å². The Morgan fingerprint density at radius 1 is 0.625 bits per heavy atom. The fraction of sp³-hybridized carbons (Fsp3) is 0.950. The molecule has 4 heteroatoms. The van der Waals surface area contributed by atoms with Gasteiger partial charge in [-0.25, -0.2) is 0 Å². The zero-order valence-corrected chi connectivity index (χ0v) is 17.3. The van der Waals surface area contributed by atoms with E-state index in [0.717, 1.165) is 25.7 Å². The summed E-state index contributed by atoms with van der Waals surface area (Å²) >= 11 is 0. The van der Waals surface area contributed by atoms with Crippen LogP contribution in [0.25, 0.3) is 0 Å². The number of unbranched alkanes of at least 4 members (excludes halogenated alkanes) is 13. The van der Waals surface area contributed by atoms with Crippen molar-refractivity contribution >= 4 is 18.4 Å². The molecule has 0 unspecified atom stereocenters. The normalized spacial score (nSPS) is 9.92. The van der Waals surface area contributed by atoms with Crippen molar-refractivity contribution in [1.29, 1.82) is 0 Å². The van der Waals surface area contributed by atoms with E-state index in [-0.39, 0.29) is 24.5 Å². The molecule has 0 rings (SSSR count). The zero-order valence-electron chi connectivity index (χ0n) is 16.5. The highest BCUT2D eigenvalue weighted by Gasteiger charge is 2.01. The van der Waals surface area contributed by atoms with E-state index in [0.29, 0.717) is 13.0 Å². The SMILES string of the molecule is CCCCCCCCCCCCCCOC(=O)CCCCC.Cl.N. The van der Waals surface area contributed by atoms with Crippen molar-refractivity contribution in [2.45, 2.75) is 117 Å².